The molecule has 6 heteroatoms. The van der Waals surface area contributed by atoms with Crippen molar-refractivity contribution >= 4 is 50.7 Å². The first-order chi connectivity index (χ1) is 9.01. The van der Waals surface area contributed by atoms with E-state index in [0.29, 0.717) is 21.0 Å². The van der Waals surface area contributed by atoms with Crippen LogP contribution in [-0.4, -0.2) is 0 Å². The molecule has 0 radical (unpaired) electrons. The number of benzene rings is 2. The SMILES string of the molecule is Fc1cc(Oc2cc(Cl)ccc2CCl)c(Br)cc1Cl. The van der Waals surface area contributed by atoms with Gasteiger partial charge in [-0.1, -0.05) is 29.3 Å². The fourth-order valence-electron chi connectivity index (χ4n) is 1.43. The van der Waals surface area contributed by atoms with Gasteiger partial charge in [-0.2, -0.15) is 0 Å². The van der Waals surface area contributed by atoms with Crippen LogP contribution < -0.4 is 4.74 Å². The zero-order valence-electron chi connectivity index (χ0n) is 9.39. The quantitative estimate of drug-likeness (QED) is 0.438. The summed E-state index contributed by atoms with van der Waals surface area (Å²) in [4.78, 5) is 0. The van der Waals surface area contributed by atoms with Crippen LogP contribution in [0.25, 0.3) is 0 Å². The van der Waals surface area contributed by atoms with Crippen molar-refractivity contribution in [2.45, 2.75) is 5.88 Å². The van der Waals surface area contributed by atoms with Crippen molar-refractivity contribution < 1.29 is 9.13 Å². The van der Waals surface area contributed by atoms with Gasteiger partial charge in [-0.3, -0.25) is 0 Å². The lowest BCUT2D eigenvalue weighted by Crippen LogP contribution is -1.92. The molecule has 0 aliphatic carbocycles. The molecule has 2 aromatic carbocycles. The lowest BCUT2D eigenvalue weighted by Gasteiger charge is -2.12. The van der Waals surface area contributed by atoms with E-state index in [9.17, 15) is 4.39 Å². The Hall–Kier alpha value is -0.480. The minimum absolute atomic E-state index is 0.0166. The van der Waals surface area contributed by atoms with Crippen molar-refractivity contribution in [2.75, 3.05) is 0 Å². The summed E-state index contributed by atoms with van der Waals surface area (Å²) in [6.07, 6.45) is 0. The molecule has 2 aromatic rings. The highest BCUT2D eigenvalue weighted by molar-refractivity contribution is 9.10. The third-order valence-electron chi connectivity index (χ3n) is 2.37. The van der Waals surface area contributed by atoms with E-state index in [1.165, 1.54) is 12.1 Å². The molecule has 0 aliphatic heterocycles. The largest absolute Gasteiger partial charge is 0.456 e. The van der Waals surface area contributed by atoms with E-state index in [-0.39, 0.29) is 10.9 Å². The zero-order valence-corrected chi connectivity index (χ0v) is 13.2. The molecular formula is C13H7BrCl3FO. The van der Waals surface area contributed by atoms with Crippen molar-refractivity contribution in [1.82, 2.24) is 0 Å². The number of rotatable bonds is 3. The molecule has 0 saturated heterocycles. The van der Waals surface area contributed by atoms with Crippen LogP contribution in [0.5, 0.6) is 11.5 Å². The van der Waals surface area contributed by atoms with Crippen LogP contribution in [0.15, 0.2) is 34.8 Å². The number of hydrogen-bond acceptors (Lipinski definition) is 1. The van der Waals surface area contributed by atoms with E-state index in [0.717, 1.165) is 5.56 Å². The van der Waals surface area contributed by atoms with Gasteiger partial charge in [0.15, 0.2) is 0 Å². The number of ether oxygens (including phenoxy) is 1. The molecule has 0 spiro atoms. The Morgan fingerprint density at radius 2 is 1.84 bits per heavy atom. The van der Waals surface area contributed by atoms with Crippen LogP contribution in [0.4, 0.5) is 4.39 Å². The first-order valence-corrected chi connectivity index (χ1v) is 7.26. The van der Waals surface area contributed by atoms with E-state index in [1.54, 1.807) is 18.2 Å². The van der Waals surface area contributed by atoms with Crippen molar-refractivity contribution in [3.8, 4) is 11.5 Å². The number of hydrogen-bond donors (Lipinski definition) is 0. The van der Waals surface area contributed by atoms with Gasteiger partial charge in [0.2, 0.25) is 0 Å². The molecule has 0 bridgehead atoms. The molecule has 100 valence electrons. The molecule has 0 aliphatic rings. The molecule has 0 fully saturated rings. The summed E-state index contributed by atoms with van der Waals surface area (Å²) in [7, 11) is 0. The molecule has 0 aromatic heterocycles. The number of alkyl halides is 1. The third kappa shape index (κ3) is 3.54. The normalized spacial score (nSPS) is 10.6. The summed E-state index contributed by atoms with van der Waals surface area (Å²) in [5, 5.41) is 0.525. The maximum Gasteiger partial charge on any atom is 0.145 e. The van der Waals surface area contributed by atoms with E-state index >= 15 is 0 Å². The van der Waals surface area contributed by atoms with Gasteiger partial charge in [-0.05, 0) is 34.1 Å². The second-order valence-corrected chi connectivity index (χ2v) is 5.65. The Labute approximate surface area is 133 Å². The van der Waals surface area contributed by atoms with Gasteiger partial charge >= 0.3 is 0 Å². The second kappa shape index (κ2) is 6.31. The van der Waals surface area contributed by atoms with Crippen LogP contribution in [0.1, 0.15) is 5.56 Å². The van der Waals surface area contributed by atoms with Gasteiger partial charge in [0.25, 0.3) is 0 Å². The summed E-state index contributed by atoms with van der Waals surface area (Å²) >= 11 is 20.7. The van der Waals surface area contributed by atoms with Crippen molar-refractivity contribution in [1.29, 1.82) is 0 Å². The fraction of sp³-hybridized carbons (Fsp3) is 0.0769. The topological polar surface area (TPSA) is 9.23 Å². The van der Waals surface area contributed by atoms with Crippen molar-refractivity contribution in [3.05, 3.63) is 56.2 Å². The van der Waals surface area contributed by atoms with E-state index < -0.39 is 5.82 Å². The molecule has 0 atom stereocenters. The predicted octanol–water partition coefficient (Wildman–Crippen LogP) is 6.43. The summed E-state index contributed by atoms with van der Waals surface area (Å²) < 4.78 is 19.6. The van der Waals surface area contributed by atoms with Gasteiger partial charge < -0.3 is 4.74 Å². The van der Waals surface area contributed by atoms with Gasteiger partial charge in [-0.25, -0.2) is 4.39 Å². The monoisotopic (exact) mass is 382 g/mol. The molecule has 0 saturated carbocycles. The Morgan fingerprint density at radius 3 is 2.53 bits per heavy atom. The Morgan fingerprint density at radius 1 is 1.11 bits per heavy atom. The first-order valence-electron chi connectivity index (χ1n) is 5.18. The summed E-state index contributed by atoms with van der Waals surface area (Å²) in [6, 6.07) is 7.72. The smallest absolute Gasteiger partial charge is 0.145 e. The van der Waals surface area contributed by atoms with Crippen LogP contribution in [0.3, 0.4) is 0 Å². The van der Waals surface area contributed by atoms with Crippen molar-refractivity contribution in [3.63, 3.8) is 0 Å². The van der Waals surface area contributed by atoms with Crippen LogP contribution >= 0.6 is 50.7 Å². The van der Waals surface area contributed by atoms with E-state index in [2.05, 4.69) is 15.9 Å². The maximum atomic E-state index is 13.4. The average molecular weight is 384 g/mol. The molecule has 2 rings (SSSR count). The van der Waals surface area contributed by atoms with Crippen molar-refractivity contribution in [2.24, 2.45) is 0 Å². The van der Waals surface area contributed by atoms with Gasteiger partial charge in [0.05, 0.1) is 15.4 Å². The van der Waals surface area contributed by atoms with Crippen LogP contribution in [-0.2, 0) is 5.88 Å². The molecule has 19 heavy (non-hydrogen) atoms. The highest BCUT2D eigenvalue weighted by Gasteiger charge is 2.11. The molecular weight excluding hydrogens is 377 g/mol. The summed E-state index contributed by atoms with van der Waals surface area (Å²) in [5.41, 5.74) is 0.758. The number of halogens is 5. The van der Waals surface area contributed by atoms with Crippen LogP contribution in [0, 0.1) is 5.82 Å². The lowest BCUT2D eigenvalue weighted by molar-refractivity contribution is 0.470. The minimum atomic E-state index is -0.561. The molecule has 0 N–H and O–H groups in total. The second-order valence-electron chi connectivity index (χ2n) is 3.68. The van der Waals surface area contributed by atoms with E-state index in [1.807, 2.05) is 0 Å². The fourth-order valence-corrected chi connectivity index (χ4v) is 2.54. The Bertz CT molecular complexity index is 619. The molecule has 0 amide bonds. The summed E-state index contributed by atoms with van der Waals surface area (Å²) in [5.74, 6) is 0.481. The third-order valence-corrected chi connectivity index (χ3v) is 3.80. The van der Waals surface area contributed by atoms with Gasteiger partial charge in [-0.15, -0.1) is 11.6 Å². The molecule has 0 heterocycles. The van der Waals surface area contributed by atoms with Gasteiger partial charge in [0, 0.05) is 16.7 Å². The minimum Gasteiger partial charge on any atom is -0.456 e. The molecule has 0 unspecified atom stereocenters. The Balaban J connectivity index is 2.41. The first kappa shape index (κ1) is 14.9. The Kier molecular flexibility index (Phi) is 4.96. The lowest BCUT2D eigenvalue weighted by atomic mass is 10.2. The average Bonchev–Trinajstić information content (AvgIpc) is 2.36. The standard InChI is InChI=1S/C13H7BrCl3FO/c14-9-4-10(17)11(18)5-13(9)19-12-3-8(16)2-1-7(12)6-15/h1-5H,6H2. The molecule has 1 nitrogen and oxygen atoms in total. The van der Waals surface area contributed by atoms with Gasteiger partial charge in [0.1, 0.15) is 17.3 Å². The zero-order chi connectivity index (χ0) is 14.0. The van der Waals surface area contributed by atoms with E-state index in [4.69, 9.17) is 39.5 Å². The highest BCUT2D eigenvalue weighted by Crippen LogP contribution is 2.36. The maximum absolute atomic E-state index is 13.4. The van der Waals surface area contributed by atoms with Crippen LogP contribution in [0.2, 0.25) is 10.0 Å². The summed E-state index contributed by atoms with van der Waals surface area (Å²) in [6.45, 7) is 0. The highest BCUT2D eigenvalue weighted by atomic mass is 79.9. The predicted molar refractivity (Wildman–Crippen MR) is 80.2 cm³/mol.